The lowest BCUT2D eigenvalue weighted by Crippen LogP contribution is -2.00. The van der Waals surface area contributed by atoms with E-state index in [1.807, 2.05) is 34.4 Å². The molecule has 0 aromatic rings. The molecule has 0 aromatic carbocycles. The Balaban J connectivity index is 0.000000318. The first kappa shape index (κ1) is 17.2. The molecule has 4 nitrogen and oxygen atoms in total. The highest BCUT2D eigenvalue weighted by Crippen LogP contribution is 2.47. The summed E-state index contributed by atoms with van der Waals surface area (Å²) in [6.07, 6.45) is 4.34. The molecule has 0 bridgehead atoms. The van der Waals surface area contributed by atoms with Gasteiger partial charge in [0.05, 0.1) is 7.14 Å². The van der Waals surface area contributed by atoms with Gasteiger partial charge >= 0.3 is 8.25 Å². The number of hydrogen-bond acceptors (Lipinski definition) is 4. The average molecular weight is 283 g/mol. The van der Waals surface area contributed by atoms with Crippen molar-refractivity contribution in [2.24, 2.45) is 0 Å². The first-order chi connectivity index (χ1) is 7.73. The molecular formula is C11H25O4P2+. The normalized spacial score (nSPS) is 18.1. The zero-order chi connectivity index (χ0) is 13.5. The molecule has 1 heterocycles. The van der Waals surface area contributed by atoms with E-state index in [1.54, 1.807) is 0 Å². The van der Waals surface area contributed by atoms with Gasteiger partial charge in [0.2, 0.25) is 0 Å². The fourth-order valence-electron chi connectivity index (χ4n) is 1.37. The first-order valence-electron chi connectivity index (χ1n) is 6.09. The van der Waals surface area contributed by atoms with Crippen molar-refractivity contribution < 1.29 is 18.2 Å². The number of rotatable bonds is 4. The lowest BCUT2D eigenvalue weighted by atomic mass is 10.4. The Hall–Kier alpha value is 0.250. The summed E-state index contributed by atoms with van der Waals surface area (Å²) >= 11 is 0. The van der Waals surface area contributed by atoms with Crippen molar-refractivity contribution in [1.82, 2.24) is 0 Å². The quantitative estimate of drug-likeness (QED) is 0.723. The Kier molecular flexibility index (Phi) is 8.49. The monoisotopic (exact) mass is 283 g/mol. The zero-order valence-electron chi connectivity index (χ0n) is 11.5. The molecule has 0 unspecified atom stereocenters. The summed E-state index contributed by atoms with van der Waals surface area (Å²) in [5.41, 5.74) is 0. The van der Waals surface area contributed by atoms with Crippen molar-refractivity contribution in [1.29, 1.82) is 0 Å². The molecule has 1 fully saturated rings. The maximum Gasteiger partial charge on any atom is 0.697 e. The summed E-state index contributed by atoms with van der Waals surface area (Å²) in [4.78, 5) is 0. The van der Waals surface area contributed by atoms with Crippen LogP contribution < -0.4 is 0 Å². The summed E-state index contributed by atoms with van der Waals surface area (Å²) in [5, 5.41) is 0. The predicted molar refractivity (Wildman–Crippen MR) is 72.5 cm³/mol. The molecule has 1 aliphatic heterocycles. The molecule has 0 saturated carbocycles. The smallest absolute Gasteiger partial charge is 0.324 e. The highest BCUT2D eigenvalue weighted by atomic mass is 31.2. The van der Waals surface area contributed by atoms with Crippen molar-refractivity contribution in [2.45, 2.75) is 52.7 Å². The fraction of sp³-hybridized carbons (Fsp3) is 1.00. The standard InChI is InChI=1S/C6H14O3P.C5H11OP/c1-5(2)8-10(7)9-6(3)4;1-7(6)4-2-3-5-7/h5-6H,1-4H3;2-5H2,1H3/q+1;. The van der Waals surface area contributed by atoms with Gasteiger partial charge in [-0.25, -0.2) is 0 Å². The maximum atomic E-state index is 11.0. The van der Waals surface area contributed by atoms with Crippen molar-refractivity contribution in [3.05, 3.63) is 0 Å². The molecule has 0 N–H and O–H groups in total. The van der Waals surface area contributed by atoms with Crippen molar-refractivity contribution >= 4 is 15.4 Å². The molecule has 0 atom stereocenters. The van der Waals surface area contributed by atoms with Gasteiger partial charge in [0, 0.05) is 16.9 Å². The molecular weight excluding hydrogens is 258 g/mol. The molecule has 1 aliphatic rings. The third-order valence-corrected chi connectivity index (χ3v) is 5.82. The molecule has 6 heteroatoms. The van der Waals surface area contributed by atoms with Crippen LogP contribution in [0.1, 0.15) is 40.5 Å². The van der Waals surface area contributed by atoms with E-state index in [9.17, 15) is 9.13 Å². The Morgan fingerprint density at radius 3 is 1.53 bits per heavy atom. The Morgan fingerprint density at radius 2 is 1.35 bits per heavy atom. The van der Waals surface area contributed by atoms with Gasteiger partial charge in [0.15, 0.2) is 0 Å². The Morgan fingerprint density at radius 1 is 1.00 bits per heavy atom. The van der Waals surface area contributed by atoms with Crippen LogP contribution >= 0.6 is 15.4 Å². The van der Waals surface area contributed by atoms with Gasteiger partial charge < -0.3 is 4.57 Å². The summed E-state index contributed by atoms with van der Waals surface area (Å²) in [6.45, 7) is 9.18. The van der Waals surface area contributed by atoms with Crippen LogP contribution in [0.5, 0.6) is 0 Å². The van der Waals surface area contributed by atoms with Crippen LogP contribution in [0, 0.1) is 0 Å². The molecule has 0 spiro atoms. The van der Waals surface area contributed by atoms with E-state index in [2.05, 4.69) is 0 Å². The average Bonchev–Trinajstić information content (AvgIpc) is 2.47. The lowest BCUT2D eigenvalue weighted by Gasteiger charge is -1.96. The van der Waals surface area contributed by atoms with Crippen LogP contribution in [-0.2, 0) is 18.2 Å². The van der Waals surface area contributed by atoms with Crippen molar-refractivity contribution in [3.8, 4) is 0 Å². The Labute approximate surface area is 106 Å². The van der Waals surface area contributed by atoms with E-state index in [0.717, 1.165) is 12.3 Å². The second-order valence-electron chi connectivity index (χ2n) is 4.98. The lowest BCUT2D eigenvalue weighted by molar-refractivity contribution is 0.161. The summed E-state index contributed by atoms with van der Waals surface area (Å²) in [5.74, 6) is 0. The SMILES string of the molecule is CC(C)O[P+](=O)OC(C)C.CP1(=O)CCCC1. The largest absolute Gasteiger partial charge is 0.697 e. The summed E-state index contributed by atoms with van der Waals surface area (Å²) in [7, 11) is -3.45. The van der Waals surface area contributed by atoms with Gasteiger partial charge in [-0.05, 0) is 47.2 Å². The van der Waals surface area contributed by atoms with Crippen LogP contribution in [-0.4, -0.2) is 31.2 Å². The topological polar surface area (TPSA) is 52.6 Å². The highest BCUT2D eigenvalue weighted by Gasteiger charge is 2.23. The molecule has 0 amide bonds. The third kappa shape index (κ3) is 11.1. The van der Waals surface area contributed by atoms with Crippen molar-refractivity contribution in [3.63, 3.8) is 0 Å². The molecule has 1 rings (SSSR count). The van der Waals surface area contributed by atoms with E-state index < -0.39 is 15.4 Å². The Bertz CT molecular complexity index is 255. The minimum atomic E-state index is -1.91. The van der Waals surface area contributed by atoms with E-state index in [1.165, 1.54) is 12.8 Å². The van der Waals surface area contributed by atoms with Crippen LogP contribution in [0.3, 0.4) is 0 Å². The molecule has 17 heavy (non-hydrogen) atoms. The molecule has 0 aliphatic carbocycles. The minimum Gasteiger partial charge on any atom is -0.324 e. The van der Waals surface area contributed by atoms with Crippen LogP contribution in [0.4, 0.5) is 0 Å². The van der Waals surface area contributed by atoms with E-state index in [-0.39, 0.29) is 12.2 Å². The van der Waals surface area contributed by atoms with Crippen molar-refractivity contribution in [2.75, 3.05) is 19.0 Å². The predicted octanol–water partition coefficient (Wildman–Crippen LogP) is 4.27. The summed E-state index contributed by atoms with van der Waals surface area (Å²) in [6, 6.07) is 0. The second kappa shape index (κ2) is 8.37. The summed E-state index contributed by atoms with van der Waals surface area (Å²) < 4.78 is 31.5. The van der Waals surface area contributed by atoms with Crippen LogP contribution in [0.25, 0.3) is 0 Å². The fourth-order valence-corrected chi connectivity index (χ4v) is 4.12. The number of hydrogen-bond donors (Lipinski definition) is 0. The third-order valence-electron chi connectivity index (χ3n) is 2.11. The zero-order valence-corrected chi connectivity index (χ0v) is 13.3. The van der Waals surface area contributed by atoms with E-state index in [4.69, 9.17) is 9.05 Å². The molecule has 102 valence electrons. The van der Waals surface area contributed by atoms with E-state index in [0.29, 0.717) is 0 Å². The first-order valence-corrected chi connectivity index (χ1v) is 9.71. The van der Waals surface area contributed by atoms with E-state index >= 15 is 0 Å². The van der Waals surface area contributed by atoms with Crippen LogP contribution in [0.2, 0.25) is 0 Å². The van der Waals surface area contributed by atoms with Gasteiger partial charge in [-0.1, -0.05) is 0 Å². The minimum absolute atomic E-state index is 0.0395. The highest BCUT2D eigenvalue weighted by molar-refractivity contribution is 7.63. The second-order valence-corrected chi connectivity index (χ2v) is 9.34. The van der Waals surface area contributed by atoms with Gasteiger partial charge in [-0.15, -0.1) is 9.05 Å². The van der Waals surface area contributed by atoms with Gasteiger partial charge in [0.25, 0.3) is 0 Å². The molecule has 1 saturated heterocycles. The van der Waals surface area contributed by atoms with Gasteiger partial charge in [0.1, 0.15) is 12.2 Å². The maximum absolute atomic E-state index is 11.0. The molecule has 0 aromatic heterocycles. The van der Waals surface area contributed by atoms with Gasteiger partial charge in [-0.3, -0.25) is 0 Å². The van der Waals surface area contributed by atoms with Crippen LogP contribution in [0.15, 0.2) is 0 Å². The van der Waals surface area contributed by atoms with Gasteiger partial charge in [-0.2, -0.15) is 0 Å². The molecule has 0 radical (unpaired) electrons.